The second kappa shape index (κ2) is 7.32. The number of hydrogen-bond acceptors (Lipinski definition) is 2. The average Bonchev–Trinajstić information content (AvgIpc) is 3.08. The Hall–Kier alpha value is -2.00. The molecule has 1 N–H and O–H groups in total. The molecule has 1 heterocycles. The molecule has 1 aliphatic rings. The summed E-state index contributed by atoms with van der Waals surface area (Å²) in [4.78, 5) is 4.94. The van der Waals surface area contributed by atoms with Crippen molar-refractivity contribution in [3.63, 3.8) is 0 Å². The monoisotopic (exact) mass is 400 g/mol. The molecule has 2 nitrogen and oxygen atoms in total. The van der Waals surface area contributed by atoms with Crippen molar-refractivity contribution in [3.8, 4) is 0 Å². The Kier molecular flexibility index (Phi) is 4.90. The molecule has 1 aliphatic heterocycles. The van der Waals surface area contributed by atoms with E-state index in [0.717, 1.165) is 22.5 Å². The quantitative estimate of drug-likeness (QED) is 0.533. The summed E-state index contributed by atoms with van der Waals surface area (Å²) >= 11 is 18.5. The number of benzene rings is 3. The number of hydrogen-bond donors (Lipinski definition) is 1. The molecule has 0 spiro atoms. The Labute approximate surface area is 167 Å². The second-order valence-electron chi connectivity index (χ2n) is 6.13. The molecule has 3 aromatic carbocycles. The van der Waals surface area contributed by atoms with Crippen LogP contribution in [0.25, 0.3) is 0 Å². The van der Waals surface area contributed by atoms with Gasteiger partial charge in [-0.2, -0.15) is 0 Å². The Morgan fingerprint density at radius 1 is 0.692 bits per heavy atom. The Morgan fingerprint density at radius 3 is 1.88 bits per heavy atom. The third-order valence-electron chi connectivity index (χ3n) is 4.45. The van der Waals surface area contributed by atoms with Gasteiger partial charge in [-0.3, -0.25) is 4.99 Å². The molecule has 130 valence electrons. The lowest BCUT2D eigenvalue weighted by molar-refractivity contribution is 0.572. The van der Waals surface area contributed by atoms with E-state index in [4.69, 9.17) is 39.8 Å². The van der Waals surface area contributed by atoms with Crippen LogP contribution in [0.1, 0.15) is 28.8 Å². The van der Waals surface area contributed by atoms with Crippen molar-refractivity contribution >= 4 is 40.6 Å². The van der Waals surface area contributed by atoms with Crippen molar-refractivity contribution in [2.24, 2.45) is 4.99 Å². The minimum atomic E-state index is -0.0836. The van der Waals surface area contributed by atoms with Gasteiger partial charge in [0.1, 0.15) is 11.9 Å². The van der Waals surface area contributed by atoms with Crippen molar-refractivity contribution < 1.29 is 0 Å². The van der Waals surface area contributed by atoms with Crippen LogP contribution < -0.4 is 5.32 Å². The standard InChI is InChI=1S/C21H15Cl3N2/c22-15-9-5-13(6-10-15)19-20(14-7-11-16(23)12-8-14)26-21(25-19)17-3-1-2-4-18(17)24/h1-12,19-20H,(H,25,26)/t19-,20+. The smallest absolute Gasteiger partial charge is 0.131 e. The van der Waals surface area contributed by atoms with Crippen LogP contribution in [0.5, 0.6) is 0 Å². The summed E-state index contributed by atoms with van der Waals surface area (Å²) < 4.78 is 0. The highest BCUT2D eigenvalue weighted by atomic mass is 35.5. The topological polar surface area (TPSA) is 24.4 Å². The lowest BCUT2D eigenvalue weighted by Crippen LogP contribution is -2.25. The molecule has 5 heteroatoms. The minimum Gasteiger partial charge on any atom is -0.360 e. The van der Waals surface area contributed by atoms with E-state index in [1.54, 1.807) is 0 Å². The maximum absolute atomic E-state index is 6.38. The minimum absolute atomic E-state index is 0.0142. The summed E-state index contributed by atoms with van der Waals surface area (Å²) in [6.45, 7) is 0. The summed E-state index contributed by atoms with van der Waals surface area (Å²) in [7, 11) is 0. The molecule has 0 unspecified atom stereocenters. The molecular weight excluding hydrogens is 387 g/mol. The second-order valence-corrected chi connectivity index (χ2v) is 7.41. The van der Waals surface area contributed by atoms with E-state index < -0.39 is 0 Å². The molecule has 0 bridgehead atoms. The molecule has 0 saturated carbocycles. The molecule has 4 rings (SSSR count). The highest BCUT2D eigenvalue weighted by Crippen LogP contribution is 2.38. The molecule has 0 amide bonds. The van der Waals surface area contributed by atoms with E-state index in [-0.39, 0.29) is 12.1 Å². The number of rotatable bonds is 3. The molecule has 0 aliphatic carbocycles. The zero-order valence-corrected chi connectivity index (χ0v) is 15.9. The first kappa shape index (κ1) is 17.4. The predicted octanol–water partition coefficient (Wildman–Crippen LogP) is 6.48. The van der Waals surface area contributed by atoms with E-state index in [1.165, 1.54) is 0 Å². The van der Waals surface area contributed by atoms with Crippen LogP contribution in [-0.2, 0) is 0 Å². The van der Waals surface area contributed by atoms with Gasteiger partial charge in [0, 0.05) is 15.6 Å². The number of aliphatic imine (C=N–C) groups is 1. The van der Waals surface area contributed by atoms with Crippen LogP contribution >= 0.6 is 34.8 Å². The lowest BCUT2D eigenvalue weighted by atomic mass is 9.95. The van der Waals surface area contributed by atoms with Gasteiger partial charge in [-0.15, -0.1) is 0 Å². The first-order valence-corrected chi connectivity index (χ1v) is 9.35. The molecule has 0 saturated heterocycles. The maximum atomic E-state index is 6.38. The number of amidine groups is 1. The van der Waals surface area contributed by atoms with Crippen molar-refractivity contribution in [3.05, 3.63) is 105 Å². The van der Waals surface area contributed by atoms with Gasteiger partial charge in [-0.25, -0.2) is 0 Å². The van der Waals surface area contributed by atoms with E-state index in [2.05, 4.69) is 5.32 Å². The van der Waals surface area contributed by atoms with Crippen molar-refractivity contribution in [1.82, 2.24) is 5.32 Å². The van der Waals surface area contributed by atoms with Crippen molar-refractivity contribution in [2.45, 2.75) is 12.1 Å². The maximum Gasteiger partial charge on any atom is 0.131 e. The summed E-state index contributed by atoms with van der Waals surface area (Å²) in [6, 6.07) is 23.2. The molecule has 2 atom stereocenters. The van der Waals surface area contributed by atoms with Gasteiger partial charge in [0.05, 0.1) is 11.1 Å². The Balaban J connectivity index is 1.77. The zero-order chi connectivity index (χ0) is 18.1. The molecular formula is C21H15Cl3N2. The predicted molar refractivity (Wildman–Crippen MR) is 110 cm³/mol. The fraction of sp³-hybridized carbons (Fsp3) is 0.0952. The first-order valence-electron chi connectivity index (χ1n) is 8.22. The van der Waals surface area contributed by atoms with E-state index >= 15 is 0 Å². The van der Waals surface area contributed by atoms with Gasteiger partial charge in [-0.1, -0.05) is 71.2 Å². The molecule has 26 heavy (non-hydrogen) atoms. The van der Waals surface area contributed by atoms with Gasteiger partial charge in [0.25, 0.3) is 0 Å². The zero-order valence-electron chi connectivity index (χ0n) is 13.7. The van der Waals surface area contributed by atoms with Crippen molar-refractivity contribution in [1.29, 1.82) is 0 Å². The van der Waals surface area contributed by atoms with Crippen LogP contribution in [0.4, 0.5) is 0 Å². The number of halogens is 3. The molecule has 0 fully saturated rings. The largest absolute Gasteiger partial charge is 0.360 e. The van der Waals surface area contributed by atoms with Gasteiger partial charge in [0.2, 0.25) is 0 Å². The molecule has 3 aromatic rings. The van der Waals surface area contributed by atoms with Crippen LogP contribution in [0.15, 0.2) is 77.8 Å². The van der Waals surface area contributed by atoms with Crippen molar-refractivity contribution in [2.75, 3.05) is 0 Å². The number of nitrogens with one attached hydrogen (secondary N) is 1. The van der Waals surface area contributed by atoms with Crippen LogP contribution in [0.3, 0.4) is 0 Å². The highest BCUT2D eigenvalue weighted by molar-refractivity contribution is 6.34. The fourth-order valence-electron chi connectivity index (χ4n) is 3.14. The lowest BCUT2D eigenvalue weighted by Gasteiger charge is -2.20. The van der Waals surface area contributed by atoms with Gasteiger partial charge >= 0.3 is 0 Å². The normalized spacial score (nSPS) is 19.1. The highest BCUT2D eigenvalue weighted by Gasteiger charge is 2.32. The first-order chi connectivity index (χ1) is 12.6. The van der Waals surface area contributed by atoms with Gasteiger partial charge < -0.3 is 5.32 Å². The molecule has 0 radical (unpaired) electrons. The van der Waals surface area contributed by atoms with E-state index in [9.17, 15) is 0 Å². The third kappa shape index (κ3) is 3.45. The third-order valence-corrected chi connectivity index (χ3v) is 5.28. The van der Waals surface area contributed by atoms with Crippen LogP contribution in [-0.4, -0.2) is 5.84 Å². The van der Waals surface area contributed by atoms with E-state index in [1.807, 2.05) is 72.8 Å². The summed E-state index contributed by atoms with van der Waals surface area (Å²) in [5.74, 6) is 0.788. The van der Waals surface area contributed by atoms with E-state index in [0.29, 0.717) is 15.1 Å². The summed E-state index contributed by atoms with van der Waals surface area (Å²) in [6.07, 6.45) is 0. The van der Waals surface area contributed by atoms with Crippen LogP contribution in [0, 0.1) is 0 Å². The summed E-state index contributed by atoms with van der Waals surface area (Å²) in [5, 5.41) is 5.62. The van der Waals surface area contributed by atoms with Gasteiger partial charge in [0.15, 0.2) is 0 Å². The Morgan fingerprint density at radius 2 is 1.27 bits per heavy atom. The Bertz CT molecular complexity index is 950. The number of nitrogens with zero attached hydrogens (tertiary/aromatic N) is 1. The fourth-order valence-corrected chi connectivity index (χ4v) is 3.62. The average molecular weight is 402 g/mol. The van der Waals surface area contributed by atoms with Crippen LogP contribution in [0.2, 0.25) is 15.1 Å². The SMILES string of the molecule is Clc1ccc([C@H]2N=C(c3ccccc3Cl)N[C@H]2c2ccc(Cl)cc2)cc1. The summed E-state index contributed by atoms with van der Waals surface area (Å²) in [5.41, 5.74) is 3.09. The molecule has 0 aromatic heterocycles. The van der Waals surface area contributed by atoms with Gasteiger partial charge in [-0.05, 0) is 47.5 Å².